The summed E-state index contributed by atoms with van der Waals surface area (Å²) in [5, 5.41) is 3.79. The molecular weight excluding hydrogens is 282 g/mol. The largest absolute Gasteiger partial charge is 0.346 e. The van der Waals surface area contributed by atoms with Crippen molar-refractivity contribution in [2.45, 2.75) is 20.4 Å². The molecule has 0 saturated heterocycles. The van der Waals surface area contributed by atoms with Gasteiger partial charge in [0.1, 0.15) is 5.01 Å². The predicted octanol–water partition coefficient (Wildman–Crippen LogP) is 2.00. The first-order valence-electron chi connectivity index (χ1n) is 6.59. The molecule has 0 unspecified atom stereocenters. The number of aryl methyl sites for hydroxylation is 2. The summed E-state index contributed by atoms with van der Waals surface area (Å²) in [6.07, 6.45) is 1.81. The molecule has 0 atom stereocenters. The number of nitrogens with two attached hydrogens (primary N) is 1. The lowest BCUT2D eigenvalue weighted by Crippen LogP contribution is -2.23. The van der Waals surface area contributed by atoms with E-state index in [0.717, 1.165) is 21.0 Å². The van der Waals surface area contributed by atoms with E-state index in [9.17, 15) is 4.79 Å². The second-order valence-electron chi connectivity index (χ2n) is 4.58. The first kappa shape index (κ1) is 15.2. The van der Waals surface area contributed by atoms with Gasteiger partial charge in [-0.1, -0.05) is 17.9 Å². The van der Waals surface area contributed by atoms with Gasteiger partial charge in [0, 0.05) is 22.2 Å². The molecule has 108 valence electrons. The van der Waals surface area contributed by atoms with E-state index in [1.807, 2.05) is 26.0 Å². The molecule has 1 amide bonds. The number of aromatic nitrogens is 1. The van der Waals surface area contributed by atoms with E-state index in [1.165, 1.54) is 0 Å². The molecule has 2 aromatic rings. The zero-order valence-corrected chi connectivity index (χ0v) is 12.9. The van der Waals surface area contributed by atoms with Crippen LogP contribution in [0.3, 0.4) is 0 Å². The third-order valence-electron chi connectivity index (χ3n) is 2.89. The molecule has 2 rings (SSSR count). The van der Waals surface area contributed by atoms with E-state index in [1.54, 1.807) is 23.6 Å². The molecule has 0 aliphatic carbocycles. The fraction of sp³-hybridized carbons (Fsp3) is 0.250. The van der Waals surface area contributed by atoms with Gasteiger partial charge < -0.3 is 11.1 Å². The third-order valence-corrected chi connectivity index (χ3v) is 3.80. The third kappa shape index (κ3) is 4.15. The number of thiazole rings is 1. The topological polar surface area (TPSA) is 68.0 Å². The number of nitrogens with zero attached hydrogens (tertiary/aromatic N) is 1. The summed E-state index contributed by atoms with van der Waals surface area (Å²) in [6, 6.07) is 5.57. The summed E-state index contributed by atoms with van der Waals surface area (Å²) < 4.78 is 0. The molecule has 0 bridgehead atoms. The van der Waals surface area contributed by atoms with Crippen molar-refractivity contribution in [3.63, 3.8) is 0 Å². The Balaban J connectivity index is 2.10. The molecular formula is C16H17N3OS. The highest BCUT2D eigenvalue weighted by Gasteiger charge is 2.10. The molecule has 1 aromatic carbocycles. The number of benzene rings is 1. The van der Waals surface area contributed by atoms with Crippen LogP contribution in [0.2, 0.25) is 0 Å². The first-order valence-corrected chi connectivity index (χ1v) is 7.41. The van der Waals surface area contributed by atoms with Crippen LogP contribution in [0.4, 0.5) is 0 Å². The van der Waals surface area contributed by atoms with E-state index in [0.29, 0.717) is 18.7 Å². The number of carbonyl (C=O) groups excluding carboxylic acids is 1. The summed E-state index contributed by atoms with van der Waals surface area (Å²) >= 11 is 1.58. The van der Waals surface area contributed by atoms with Crippen molar-refractivity contribution in [3.8, 4) is 11.8 Å². The number of carbonyl (C=O) groups is 1. The van der Waals surface area contributed by atoms with E-state index >= 15 is 0 Å². The van der Waals surface area contributed by atoms with Crippen molar-refractivity contribution in [3.05, 3.63) is 51.0 Å². The summed E-state index contributed by atoms with van der Waals surface area (Å²) in [7, 11) is 0. The summed E-state index contributed by atoms with van der Waals surface area (Å²) in [6.45, 7) is 4.64. The lowest BCUT2D eigenvalue weighted by Gasteiger charge is -2.07. The average Bonchev–Trinajstić information content (AvgIpc) is 2.89. The predicted molar refractivity (Wildman–Crippen MR) is 85.1 cm³/mol. The van der Waals surface area contributed by atoms with Gasteiger partial charge in [0.25, 0.3) is 5.91 Å². The average molecular weight is 299 g/mol. The van der Waals surface area contributed by atoms with Gasteiger partial charge in [-0.2, -0.15) is 0 Å². The molecule has 4 nitrogen and oxygen atoms in total. The number of amides is 1. The SMILES string of the molecule is Cc1cnc(CNC(=O)c2cc(C#CCN)ccc2C)s1. The monoisotopic (exact) mass is 299 g/mol. The molecule has 0 saturated carbocycles. The summed E-state index contributed by atoms with van der Waals surface area (Å²) in [5.74, 6) is 5.61. The van der Waals surface area contributed by atoms with Gasteiger partial charge in [-0.3, -0.25) is 4.79 Å². The molecule has 0 radical (unpaired) electrons. The van der Waals surface area contributed by atoms with Crippen LogP contribution < -0.4 is 11.1 Å². The maximum Gasteiger partial charge on any atom is 0.251 e. The molecule has 0 aliphatic heterocycles. The normalized spacial score (nSPS) is 9.86. The number of rotatable bonds is 3. The minimum absolute atomic E-state index is 0.114. The van der Waals surface area contributed by atoms with Gasteiger partial charge >= 0.3 is 0 Å². The Hall–Kier alpha value is -2.16. The van der Waals surface area contributed by atoms with E-state index in [-0.39, 0.29) is 5.91 Å². The van der Waals surface area contributed by atoms with Crippen molar-refractivity contribution in [2.24, 2.45) is 5.73 Å². The van der Waals surface area contributed by atoms with Gasteiger partial charge in [0.05, 0.1) is 13.1 Å². The molecule has 0 spiro atoms. The first-order chi connectivity index (χ1) is 10.1. The van der Waals surface area contributed by atoms with Crippen LogP contribution in [0.15, 0.2) is 24.4 Å². The molecule has 1 heterocycles. The number of hydrogen-bond donors (Lipinski definition) is 2. The minimum atomic E-state index is -0.114. The highest BCUT2D eigenvalue weighted by molar-refractivity contribution is 7.11. The standard InChI is InChI=1S/C16H17N3OS/c1-11-5-6-13(4-3-7-17)8-14(11)16(20)19-10-15-18-9-12(2)21-15/h5-6,8-9H,7,10,17H2,1-2H3,(H,19,20). The van der Waals surface area contributed by atoms with Crippen LogP contribution >= 0.6 is 11.3 Å². The summed E-state index contributed by atoms with van der Waals surface area (Å²) in [5.41, 5.74) is 7.70. The number of hydrogen-bond acceptors (Lipinski definition) is 4. The van der Waals surface area contributed by atoms with Crippen LogP contribution in [0.25, 0.3) is 0 Å². The zero-order valence-electron chi connectivity index (χ0n) is 12.1. The van der Waals surface area contributed by atoms with Crippen LogP contribution in [-0.2, 0) is 6.54 Å². The number of nitrogens with one attached hydrogen (secondary N) is 1. The van der Waals surface area contributed by atoms with E-state index in [2.05, 4.69) is 22.1 Å². The van der Waals surface area contributed by atoms with Crippen molar-refractivity contribution < 1.29 is 4.79 Å². The van der Waals surface area contributed by atoms with E-state index in [4.69, 9.17) is 5.73 Å². The Labute approximate surface area is 128 Å². The van der Waals surface area contributed by atoms with Crippen LogP contribution in [0.5, 0.6) is 0 Å². The van der Waals surface area contributed by atoms with Crippen LogP contribution in [0.1, 0.15) is 31.4 Å². The van der Waals surface area contributed by atoms with E-state index < -0.39 is 0 Å². The molecule has 5 heteroatoms. The van der Waals surface area contributed by atoms with Gasteiger partial charge in [-0.25, -0.2) is 4.98 Å². The fourth-order valence-corrected chi connectivity index (χ4v) is 2.56. The van der Waals surface area contributed by atoms with Crippen molar-refractivity contribution in [1.82, 2.24) is 10.3 Å². The highest BCUT2D eigenvalue weighted by atomic mass is 32.1. The highest BCUT2D eigenvalue weighted by Crippen LogP contribution is 2.13. The Morgan fingerprint density at radius 1 is 1.43 bits per heavy atom. The van der Waals surface area contributed by atoms with Crippen molar-refractivity contribution in [1.29, 1.82) is 0 Å². The van der Waals surface area contributed by atoms with Gasteiger partial charge in [0.2, 0.25) is 0 Å². The Morgan fingerprint density at radius 2 is 2.24 bits per heavy atom. The second-order valence-corrected chi connectivity index (χ2v) is 5.90. The maximum absolute atomic E-state index is 12.3. The minimum Gasteiger partial charge on any atom is -0.346 e. The molecule has 1 aromatic heterocycles. The molecule has 21 heavy (non-hydrogen) atoms. The molecule has 0 fully saturated rings. The van der Waals surface area contributed by atoms with Crippen LogP contribution in [-0.4, -0.2) is 17.4 Å². The van der Waals surface area contributed by atoms with Gasteiger partial charge in [-0.05, 0) is 31.5 Å². The quantitative estimate of drug-likeness (QED) is 0.852. The Kier molecular flexibility index (Phi) is 5.09. The molecule has 3 N–H and O–H groups in total. The Bertz CT molecular complexity index is 710. The lowest BCUT2D eigenvalue weighted by molar-refractivity contribution is 0.0950. The van der Waals surface area contributed by atoms with Crippen LogP contribution in [0, 0.1) is 25.7 Å². The fourth-order valence-electron chi connectivity index (χ4n) is 1.83. The zero-order chi connectivity index (χ0) is 15.2. The maximum atomic E-state index is 12.3. The van der Waals surface area contributed by atoms with Gasteiger partial charge in [-0.15, -0.1) is 11.3 Å². The van der Waals surface area contributed by atoms with Crippen molar-refractivity contribution in [2.75, 3.05) is 6.54 Å². The smallest absolute Gasteiger partial charge is 0.251 e. The van der Waals surface area contributed by atoms with Gasteiger partial charge in [0.15, 0.2) is 0 Å². The molecule has 0 aliphatic rings. The van der Waals surface area contributed by atoms with Crippen molar-refractivity contribution >= 4 is 17.2 Å². The summed E-state index contributed by atoms with van der Waals surface area (Å²) in [4.78, 5) is 17.6. The Morgan fingerprint density at radius 3 is 2.90 bits per heavy atom. The lowest BCUT2D eigenvalue weighted by atomic mass is 10.0. The second kappa shape index (κ2) is 7.02.